The van der Waals surface area contributed by atoms with E-state index in [-0.39, 0.29) is 11.9 Å². The van der Waals surface area contributed by atoms with Crippen molar-refractivity contribution in [2.75, 3.05) is 50.5 Å². The predicted octanol–water partition coefficient (Wildman–Crippen LogP) is 0.677. The van der Waals surface area contributed by atoms with Crippen LogP contribution in [0.5, 0.6) is 0 Å². The molecule has 2 aliphatic rings. The minimum atomic E-state index is -3.20. The third kappa shape index (κ3) is 4.93. The van der Waals surface area contributed by atoms with Gasteiger partial charge in [0.2, 0.25) is 10.0 Å². The van der Waals surface area contributed by atoms with Crippen molar-refractivity contribution in [2.45, 2.75) is 18.9 Å². The Morgan fingerprint density at radius 3 is 2.24 bits per heavy atom. The minimum Gasteiger partial charge on any atom is -0.378 e. The quantitative estimate of drug-likeness (QED) is 0.847. The van der Waals surface area contributed by atoms with Crippen LogP contribution in [0.4, 0.5) is 5.69 Å². The number of hydrogen-bond donors (Lipinski definition) is 1. The second-order valence-corrected chi connectivity index (χ2v) is 8.38. The van der Waals surface area contributed by atoms with Gasteiger partial charge in [0.25, 0.3) is 5.91 Å². The molecular formula is C17H25N3O4S. The molecule has 25 heavy (non-hydrogen) atoms. The summed E-state index contributed by atoms with van der Waals surface area (Å²) in [6.07, 6.45) is 2.45. The monoisotopic (exact) mass is 367 g/mol. The number of carbonyl (C=O) groups is 1. The smallest absolute Gasteiger partial charge is 0.253 e. The van der Waals surface area contributed by atoms with Crippen LogP contribution < -0.4 is 9.62 Å². The number of sulfonamides is 1. The summed E-state index contributed by atoms with van der Waals surface area (Å²) in [7, 11) is -3.20. The summed E-state index contributed by atoms with van der Waals surface area (Å²) < 4.78 is 30.6. The van der Waals surface area contributed by atoms with Crippen molar-refractivity contribution in [3.8, 4) is 0 Å². The highest BCUT2D eigenvalue weighted by Crippen LogP contribution is 2.19. The third-order valence-corrected chi connectivity index (χ3v) is 5.41. The molecule has 0 unspecified atom stereocenters. The van der Waals surface area contributed by atoms with Crippen LogP contribution in [0.15, 0.2) is 24.3 Å². The molecule has 7 nitrogen and oxygen atoms in total. The average Bonchev–Trinajstić information content (AvgIpc) is 2.61. The fourth-order valence-electron chi connectivity index (χ4n) is 3.32. The van der Waals surface area contributed by atoms with Crippen LogP contribution in [0, 0.1) is 0 Å². The zero-order valence-corrected chi connectivity index (χ0v) is 15.3. The second-order valence-electron chi connectivity index (χ2n) is 6.60. The lowest BCUT2D eigenvalue weighted by molar-refractivity contribution is 0.0711. The molecule has 0 bridgehead atoms. The fraction of sp³-hybridized carbons (Fsp3) is 0.588. The fourth-order valence-corrected chi connectivity index (χ4v) is 4.16. The molecule has 2 fully saturated rings. The van der Waals surface area contributed by atoms with Gasteiger partial charge in [-0.15, -0.1) is 0 Å². The number of hydrogen-bond acceptors (Lipinski definition) is 5. The van der Waals surface area contributed by atoms with Crippen molar-refractivity contribution in [1.82, 2.24) is 9.62 Å². The lowest BCUT2D eigenvalue weighted by Gasteiger charge is -2.32. The summed E-state index contributed by atoms with van der Waals surface area (Å²) >= 11 is 0. The molecule has 0 saturated carbocycles. The molecule has 1 aromatic rings. The molecule has 2 aliphatic heterocycles. The van der Waals surface area contributed by atoms with Gasteiger partial charge in [-0.3, -0.25) is 4.79 Å². The zero-order chi connectivity index (χ0) is 17.9. The van der Waals surface area contributed by atoms with Gasteiger partial charge < -0.3 is 14.5 Å². The van der Waals surface area contributed by atoms with E-state index in [0.29, 0.717) is 31.5 Å². The highest BCUT2D eigenvalue weighted by atomic mass is 32.2. The highest BCUT2D eigenvalue weighted by molar-refractivity contribution is 7.88. The Labute approximate surface area is 149 Å². The summed E-state index contributed by atoms with van der Waals surface area (Å²) in [5.41, 5.74) is 1.78. The topological polar surface area (TPSA) is 79.0 Å². The molecule has 2 saturated heterocycles. The van der Waals surface area contributed by atoms with Gasteiger partial charge in [0, 0.05) is 43.5 Å². The van der Waals surface area contributed by atoms with Gasteiger partial charge in [0.05, 0.1) is 19.5 Å². The van der Waals surface area contributed by atoms with Gasteiger partial charge in [-0.2, -0.15) is 0 Å². The van der Waals surface area contributed by atoms with E-state index in [1.165, 1.54) is 6.26 Å². The maximum atomic E-state index is 12.6. The second kappa shape index (κ2) is 7.72. The first-order valence-electron chi connectivity index (χ1n) is 8.62. The molecule has 0 spiro atoms. The number of likely N-dealkylation sites (tertiary alicyclic amines) is 1. The Balaban J connectivity index is 1.56. The number of nitrogens with zero attached hydrogens (tertiary/aromatic N) is 2. The number of amides is 1. The Kier molecular flexibility index (Phi) is 5.61. The van der Waals surface area contributed by atoms with E-state index >= 15 is 0 Å². The lowest BCUT2D eigenvalue weighted by Crippen LogP contribution is -2.46. The Morgan fingerprint density at radius 2 is 1.68 bits per heavy atom. The largest absolute Gasteiger partial charge is 0.378 e. The number of rotatable bonds is 4. The van der Waals surface area contributed by atoms with Crippen LogP contribution in [-0.4, -0.2) is 70.9 Å². The van der Waals surface area contributed by atoms with Crippen LogP contribution in [-0.2, 0) is 14.8 Å². The summed E-state index contributed by atoms with van der Waals surface area (Å²) in [5.74, 6) is 0.00586. The molecule has 138 valence electrons. The molecule has 1 N–H and O–H groups in total. The Hall–Kier alpha value is -1.64. The number of nitrogens with one attached hydrogen (secondary N) is 1. The first-order chi connectivity index (χ1) is 11.9. The van der Waals surface area contributed by atoms with E-state index in [4.69, 9.17) is 4.74 Å². The maximum Gasteiger partial charge on any atom is 0.253 e. The molecular weight excluding hydrogens is 342 g/mol. The molecule has 0 aromatic heterocycles. The predicted molar refractivity (Wildman–Crippen MR) is 96.4 cm³/mol. The minimum absolute atomic E-state index is 0.00586. The molecule has 1 amide bonds. The number of ether oxygens (including phenoxy) is 1. The van der Waals surface area contributed by atoms with E-state index < -0.39 is 10.0 Å². The van der Waals surface area contributed by atoms with Crippen molar-refractivity contribution < 1.29 is 17.9 Å². The molecule has 2 heterocycles. The van der Waals surface area contributed by atoms with Gasteiger partial charge in [-0.25, -0.2) is 13.1 Å². The molecule has 0 atom stereocenters. The lowest BCUT2D eigenvalue weighted by atomic mass is 10.0. The number of piperidine rings is 1. The number of benzene rings is 1. The summed E-state index contributed by atoms with van der Waals surface area (Å²) in [6.45, 7) is 4.34. The molecule has 0 aliphatic carbocycles. The van der Waals surface area contributed by atoms with E-state index in [1.807, 2.05) is 24.3 Å². The van der Waals surface area contributed by atoms with Crippen LogP contribution in [0.2, 0.25) is 0 Å². The third-order valence-electron chi connectivity index (χ3n) is 4.65. The summed E-state index contributed by atoms with van der Waals surface area (Å²) in [6, 6.07) is 7.62. The standard InChI is InChI=1S/C17H25N3O4S/c1-25(22,23)18-15-6-8-20(9-7-15)17(21)14-2-4-16(5-3-14)19-10-12-24-13-11-19/h2-5,15,18H,6-13H2,1H3. The van der Waals surface area contributed by atoms with Gasteiger partial charge in [0.1, 0.15) is 0 Å². The zero-order valence-electron chi connectivity index (χ0n) is 14.5. The molecule has 0 radical (unpaired) electrons. The van der Waals surface area contributed by atoms with Crippen LogP contribution in [0.3, 0.4) is 0 Å². The van der Waals surface area contributed by atoms with Crippen molar-refractivity contribution in [3.63, 3.8) is 0 Å². The van der Waals surface area contributed by atoms with Crippen LogP contribution in [0.25, 0.3) is 0 Å². The SMILES string of the molecule is CS(=O)(=O)NC1CCN(C(=O)c2ccc(N3CCOCC3)cc2)CC1. The number of anilines is 1. The average molecular weight is 367 g/mol. The van der Waals surface area contributed by atoms with Crippen molar-refractivity contribution >= 4 is 21.6 Å². The summed E-state index contributed by atoms with van der Waals surface area (Å²) in [5, 5.41) is 0. The van der Waals surface area contributed by atoms with Crippen molar-refractivity contribution in [3.05, 3.63) is 29.8 Å². The normalized spacial score (nSPS) is 19.9. The van der Waals surface area contributed by atoms with Crippen molar-refractivity contribution in [1.29, 1.82) is 0 Å². The van der Waals surface area contributed by atoms with Crippen molar-refractivity contribution in [2.24, 2.45) is 0 Å². The number of morpholine rings is 1. The van der Waals surface area contributed by atoms with Gasteiger partial charge in [-0.05, 0) is 37.1 Å². The maximum absolute atomic E-state index is 12.6. The van der Waals surface area contributed by atoms with Crippen LogP contribution in [0.1, 0.15) is 23.2 Å². The van der Waals surface area contributed by atoms with E-state index in [2.05, 4.69) is 9.62 Å². The molecule has 8 heteroatoms. The Morgan fingerprint density at radius 1 is 1.08 bits per heavy atom. The highest BCUT2D eigenvalue weighted by Gasteiger charge is 2.25. The number of carbonyl (C=O) groups excluding carboxylic acids is 1. The molecule has 1 aromatic carbocycles. The van der Waals surface area contributed by atoms with E-state index in [1.54, 1.807) is 4.90 Å². The molecule has 3 rings (SSSR count). The first-order valence-corrected chi connectivity index (χ1v) is 10.5. The van der Waals surface area contributed by atoms with E-state index in [0.717, 1.165) is 32.0 Å². The van der Waals surface area contributed by atoms with Gasteiger partial charge in [-0.1, -0.05) is 0 Å². The van der Waals surface area contributed by atoms with Gasteiger partial charge >= 0.3 is 0 Å². The van der Waals surface area contributed by atoms with E-state index in [9.17, 15) is 13.2 Å². The van der Waals surface area contributed by atoms with Gasteiger partial charge in [0.15, 0.2) is 0 Å². The van der Waals surface area contributed by atoms with Crippen LogP contribution >= 0.6 is 0 Å². The summed E-state index contributed by atoms with van der Waals surface area (Å²) in [4.78, 5) is 16.7. The first kappa shape index (κ1) is 18.2. The Bertz CT molecular complexity index is 691.